The van der Waals surface area contributed by atoms with E-state index >= 15 is 0 Å². The van der Waals surface area contributed by atoms with E-state index in [4.69, 9.17) is 16.3 Å². The smallest absolute Gasteiger partial charge is 0.260 e. The number of piperazine rings is 1. The zero-order chi connectivity index (χ0) is 20.9. The molecule has 1 aliphatic rings. The number of ether oxygens (including phenoxy) is 1. The third kappa shape index (κ3) is 4.86. The maximum atomic E-state index is 13.2. The van der Waals surface area contributed by atoms with Gasteiger partial charge in [-0.1, -0.05) is 29.8 Å². The molecule has 0 aliphatic carbocycles. The van der Waals surface area contributed by atoms with Gasteiger partial charge in [0.2, 0.25) is 0 Å². The number of hydrogen-bond donors (Lipinski definition) is 0. The highest BCUT2D eigenvalue weighted by Gasteiger charge is 2.22. The van der Waals surface area contributed by atoms with Crippen molar-refractivity contribution in [3.8, 4) is 17.0 Å². The number of carbonyl (C=O) groups is 1. The van der Waals surface area contributed by atoms with Crippen LogP contribution in [0.15, 0.2) is 60.7 Å². The van der Waals surface area contributed by atoms with Gasteiger partial charge in [-0.3, -0.25) is 4.79 Å². The van der Waals surface area contributed by atoms with Crippen molar-refractivity contribution >= 4 is 23.3 Å². The fraction of sp³-hybridized carbons (Fsp3) is 0.227. The third-order valence-corrected chi connectivity index (χ3v) is 5.16. The summed E-state index contributed by atoms with van der Waals surface area (Å²) in [6.45, 7) is 2.32. The molecule has 1 fully saturated rings. The minimum absolute atomic E-state index is 0.112. The number of halogens is 2. The van der Waals surface area contributed by atoms with Crippen molar-refractivity contribution in [1.29, 1.82) is 0 Å². The fourth-order valence-electron chi connectivity index (χ4n) is 3.25. The molecule has 2 heterocycles. The molecule has 0 radical (unpaired) electrons. The van der Waals surface area contributed by atoms with Crippen molar-refractivity contribution in [3.05, 3.63) is 71.5 Å². The largest absolute Gasteiger partial charge is 0.484 e. The summed E-state index contributed by atoms with van der Waals surface area (Å²) in [6, 6.07) is 17.1. The van der Waals surface area contributed by atoms with Crippen molar-refractivity contribution in [1.82, 2.24) is 15.1 Å². The number of anilines is 1. The van der Waals surface area contributed by atoms with Crippen molar-refractivity contribution < 1.29 is 13.9 Å². The lowest BCUT2D eigenvalue weighted by molar-refractivity contribution is -0.133. The molecule has 4 rings (SSSR count). The highest BCUT2D eigenvalue weighted by Crippen LogP contribution is 2.21. The topological polar surface area (TPSA) is 58.6 Å². The van der Waals surface area contributed by atoms with Crippen molar-refractivity contribution in [2.75, 3.05) is 37.7 Å². The summed E-state index contributed by atoms with van der Waals surface area (Å²) in [4.78, 5) is 16.2. The van der Waals surface area contributed by atoms with Crippen LogP contribution in [0.2, 0.25) is 5.02 Å². The summed E-state index contributed by atoms with van der Waals surface area (Å²) in [6.07, 6.45) is 0. The predicted molar refractivity (Wildman–Crippen MR) is 113 cm³/mol. The Bertz CT molecular complexity index is 1010. The van der Waals surface area contributed by atoms with Crippen molar-refractivity contribution in [2.24, 2.45) is 0 Å². The molecule has 8 heteroatoms. The molecule has 2 aromatic carbocycles. The number of nitrogens with zero attached hydrogens (tertiary/aromatic N) is 4. The van der Waals surface area contributed by atoms with Crippen LogP contribution < -0.4 is 9.64 Å². The Labute approximate surface area is 178 Å². The second kappa shape index (κ2) is 9.09. The summed E-state index contributed by atoms with van der Waals surface area (Å²) in [7, 11) is 0. The van der Waals surface area contributed by atoms with Crippen LogP contribution in [0.3, 0.4) is 0 Å². The van der Waals surface area contributed by atoms with E-state index in [0.29, 0.717) is 37.0 Å². The summed E-state index contributed by atoms with van der Waals surface area (Å²) in [5, 5.41) is 9.32. The Kier molecular flexibility index (Phi) is 6.09. The standard InChI is InChI=1S/C22H20ClFN4O2/c23-17-6-4-16(5-7-17)20-8-9-21(26-25-20)27-10-12-28(13-11-27)22(29)15-30-19-3-1-2-18(24)14-19/h1-9,14H,10-13,15H2. The van der Waals surface area contributed by atoms with E-state index in [9.17, 15) is 9.18 Å². The normalized spacial score (nSPS) is 13.9. The summed E-state index contributed by atoms with van der Waals surface area (Å²) >= 11 is 5.92. The van der Waals surface area contributed by atoms with Gasteiger partial charge in [0, 0.05) is 42.8 Å². The number of benzene rings is 2. The Hall–Kier alpha value is -3.19. The molecule has 0 N–H and O–H groups in total. The average Bonchev–Trinajstić information content (AvgIpc) is 2.78. The molecule has 0 saturated carbocycles. The number of aromatic nitrogens is 2. The number of amides is 1. The van der Waals surface area contributed by atoms with E-state index in [-0.39, 0.29) is 12.5 Å². The summed E-state index contributed by atoms with van der Waals surface area (Å²) in [5.41, 5.74) is 1.73. The van der Waals surface area contributed by atoms with E-state index in [1.54, 1.807) is 17.0 Å². The van der Waals surface area contributed by atoms with Crippen LogP contribution in [0.4, 0.5) is 10.2 Å². The van der Waals surface area contributed by atoms with Gasteiger partial charge in [0.15, 0.2) is 12.4 Å². The van der Waals surface area contributed by atoms with Gasteiger partial charge in [-0.25, -0.2) is 4.39 Å². The molecule has 1 aliphatic heterocycles. The first kappa shape index (κ1) is 20.1. The Morgan fingerprint density at radius 2 is 1.77 bits per heavy atom. The monoisotopic (exact) mass is 426 g/mol. The SMILES string of the molecule is O=C(COc1cccc(F)c1)N1CCN(c2ccc(-c3ccc(Cl)cc3)nn2)CC1. The zero-order valence-corrected chi connectivity index (χ0v) is 16.9. The lowest BCUT2D eigenvalue weighted by Crippen LogP contribution is -2.50. The van der Waals surface area contributed by atoms with Gasteiger partial charge in [0.1, 0.15) is 11.6 Å². The van der Waals surface area contributed by atoms with Crippen LogP contribution in [0.5, 0.6) is 5.75 Å². The van der Waals surface area contributed by atoms with Crippen LogP contribution in [0, 0.1) is 5.82 Å². The maximum absolute atomic E-state index is 13.2. The first-order valence-electron chi connectivity index (χ1n) is 9.59. The van der Waals surface area contributed by atoms with E-state index in [1.165, 1.54) is 12.1 Å². The zero-order valence-electron chi connectivity index (χ0n) is 16.2. The highest BCUT2D eigenvalue weighted by atomic mass is 35.5. The van der Waals surface area contributed by atoms with E-state index in [1.807, 2.05) is 36.4 Å². The lowest BCUT2D eigenvalue weighted by Gasteiger charge is -2.35. The summed E-state index contributed by atoms with van der Waals surface area (Å²) < 4.78 is 18.6. The Morgan fingerprint density at radius 1 is 1.00 bits per heavy atom. The van der Waals surface area contributed by atoms with Crippen LogP contribution in [-0.2, 0) is 4.79 Å². The Balaban J connectivity index is 1.29. The van der Waals surface area contributed by atoms with E-state index in [2.05, 4.69) is 15.1 Å². The van der Waals surface area contributed by atoms with Crippen molar-refractivity contribution in [3.63, 3.8) is 0 Å². The molecule has 0 atom stereocenters. The minimum atomic E-state index is -0.392. The van der Waals surface area contributed by atoms with E-state index in [0.717, 1.165) is 17.1 Å². The van der Waals surface area contributed by atoms with Gasteiger partial charge in [-0.15, -0.1) is 10.2 Å². The first-order chi connectivity index (χ1) is 14.6. The molecule has 3 aromatic rings. The fourth-order valence-corrected chi connectivity index (χ4v) is 3.37. The molecular weight excluding hydrogens is 407 g/mol. The maximum Gasteiger partial charge on any atom is 0.260 e. The molecule has 30 heavy (non-hydrogen) atoms. The number of carbonyl (C=O) groups excluding carboxylic acids is 1. The predicted octanol–water partition coefficient (Wildman–Crippen LogP) is 3.66. The van der Waals surface area contributed by atoms with Gasteiger partial charge in [-0.2, -0.15) is 0 Å². The van der Waals surface area contributed by atoms with Gasteiger partial charge < -0.3 is 14.5 Å². The van der Waals surface area contributed by atoms with Crippen LogP contribution in [0.25, 0.3) is 11.3 Å². The van der Waals surface area contributed by atoms with Crippen molar-refractivity contribution in [2.45, 2.75) is 0 Å². The average molecular weight is 427 g/mol. The molecule has 0 unspecified atom stereocenters. The molecule has 1 amide bonds. The molecule has 1 aromatic heterocycles. The molecule has 0 bridgehead atoms. The van der Waals surface area contributed by atoms with Crippen LogP contribution >= 0.6 is 11.6 Å². The first-order valence-corrected chi connectivity index (χ1v) is 9.97. The molecule has 6 nitrogen and oxygen atoms in total. The lowest BCUT2D eigenvalue weighted by atomic mass is 10.1. The molecule has 154 valence electrons. The second-order valence-corrected chi connectivity index (χ2v) is 7.33. The third-order valence-electron chi connectivity index (χ3n) is 4.91. The van der Waals surface area contributed by atoms with Gasteiger partial charge in [-0.05, 0) is 36.4 Å². The van der Waals surface area contributed by atoms with Gasteiger partial charge >= 0.3 is 0 Å². The Morgan fingerprint density at radius 3 is 2.43 bits per heavy atom. The molecular formula is C22H20ClFN4O2. The van der Waals surface area contributed by atoms with Gasteiger partial charge in [0.25, 0.3) is 5.91 Å². The van der Waals surface area contributed by atoms with Gasteiger partial charge in [0.05, 0.1) is 5.69 Å². The van der Waals surface area contributed by atoms with E-state index < -0.39 is 5.82 Å². The second-order valence-electron chi connectivity index (χ2n) is 6.90. The molecule has 1 saturated heterocycles. The summed E-state index contributed by atoms with van der Waals surface area (Å²) in [5.74, 6) is 0.605. The molecule has 0 spiro atoms. The number of rotatable bonds is 5. The van der Waals surface area contributed by atoms with Crippen LogP contribution in [0.1, 0.15) is 0 Å². The quantitative estimate of drug-likeness (QED) is 0.623. The number of hydrogen-bond acceptors (Lipinski definition) is 5. The van der Waals surface area contributed by atoms with Crippen LogP contribution in [-0.4, -0.2) is 53.8 Å². The highest BCUT2D eigenvalue weighted by molar-refractivity contribution is 6.30. The minimum Gasteiger partial charge on any atom is -0.484 e.